The number of hydrogen-bond donors (Lipinski definition) is 0. The van der Waals surface area contributed by atoms with Crippen molar-refractivity contribution in [2.24, 2.45) is 11.8 Å². The average molecular weight is 234 g/mol. The van der Waals surface area contributed by atoms with Crippen LogP contribution in [0.3, 0.4) is 0 Å². The SMILES string of the molecule is C=CC(=C(C=CC)CC)C(CCC)C(C)CC. The van der Waals surface area contributed by atoms with E-state index in [1.165, 1.54) is 30.4 Å². The van der Waals surface area contributed by atoms with E-state index in [1.54, 1.807) is 0 Å². The minimum atomic E-state index is 0.675. The number of hydrogen-bond acceptors (Lipinski definition) is 0. The highest BCUT2D eigenvalue weighted by molar-refractivity contribution is 5.34. The van der Waals surface area contributed by atoms with Gasteiger partial charge in [-0.1, -0.05) is 65.3 Å². The summed E-state index contributed by atoms with van der Waals surface area (Å²) in [6.45, 7) is 15.3. The highest BCUT2D eigenvalue weighted by atomic mass is 14.2. The van der Waals surface area contributed by atoms with Gasteiger partial charge >= 0.3 is 0 Å². The van der Waals surface area contributed by atoms with E-state index in [9.17, 15) is 0 Å². The molecule has 0 saturated heterocycles. The molecule has 0 rings (SSSR count). The van der Waals surface area contributed by atoms with Crippen molar-refractivity contribution in [2.45, 2.75) is 60.3 Å². The van der Waals surface area contributed by atoms with Crippen molar-refractivity contribution < 1.29 is 0 Å². The largest absolute Gasteiger partial charge is 0.0988 e. The van der Waals surface area contributed by atoms with Crippen molar-refractivity contribution in [3.8, 4) is 0 Å². The van der Waals surface area contributed by atoms with Gasteiger partial charge in [-0.05, 0) is 42.7 Å². The second-order valence-corrected chi connectivity index (χ2v) is 4.82. The van der Waals surface area contributed by atoms with E-state index >= 15 is 0 Å². The third-order valence-corrected chi connectivity index (χ3v) is 3.67. The van der Waals surface area contributed by atoms with Crippen LogP contribution in [0.5, 0.6) is 0 Å². The molecular weight excluding hydrogens is 204 g/mol. The first-order valence-electron chi connectivity index (χ1n) is 7.14. The van der Waals surface area contributed by atoms with Gasteiger partial charge in [0.2, 0.25) is 0 Å². The molecule has 0 spiro atoms. The lowest BCUT2D eigenvalue weighted by atomic mass is 9.79. The highest BCUT2D eigenvalue weighted by Crippen LogP contribution is 2.32. The molecule has 0 fully saturated rings. The summed E-state index contributed by atoms with van der Waals surface area (Å²) in [6, 6.07) is 0. The molecule has 0 bridgehead atoms. The van der Waals surface area contributed by atoms with Gasteiger partial charge in [0.05, 0.1) is 0 Å². The monoisotopic (exact) mass is 234 g/mol. The minimum absolute atomic E-state index is 0.675. The Bertz CT molecular complexity index is 268. The highest BCUT2D eigenvalue weighted by Gasteiger charge is 2.19. The zero-order chi connectivity index (χ0) is 13.3. The molecule has 0 N–H and O–H groups in total. The van der Waals surface area contributed by atoms with E-state index in [0.29, 0.717) is 5.92 Å². The number of rotatable bonds is 8. The standard InChI is InChI=1S/C17H30/c1-7-12-15(10-4)16(11-5)17(13-8-2)14(6)9-3/h7,11-12,14,17H,5,8-10,13H2,1-4,6H3. The molecule has 0 heterocycles. The van der Waals surface area contributed by atoms with Gasteiger partial charge in [-0.25, -0.2) is 0 Å². The zero-order valence-corrected chi connectivity index (χ0v) is 12.4. The Morgan fingerprint density at radius 1 is 1.24 bits per heavy atom. The lowest BCUT2D eigenvalue weighted by molar-refractivity contribution is 0.376. The van der Waals surface area contributed by atoms with Gasteiger partial charge in [-0.15, -0.1) is 0 Å². The molecule has 0 radical (unpaired) electrons. The Balaban J connectivity index is 5.32. The Hall–Kier alpha value is -0.780. The van der Waals surface area contributed by atoms with Crippen LogP contribution in [0.4, 0.5) is 0 Å². The second kappa shape index (κ2) is 9.27. The molecule has 2 atom stereocenters. The maximum Gasteiger partial charge on any atom is -0.0134 e. The van der Waals surface area contributed by atoms with Crippen molar-refractivity contribution in [3.05, 3.63) is 36.0 Å². The first-order valence-corrected chi connectivity index (χ1v) is 7.14. The maximum atomic E-state index is 4.04. The van der Waals surface area contributed by atoms with E-state index < -0.39 is 0 Å². The van der Waals surface area contributed by atoms with Gasteiger partial charge in [0.1, 0.15) is 0 Å². The average Bonchev–Trinajstić information content (AvgIpc) is 2.36. The molecule has 0 aliphatic carbocycles. The summed E-state index contributed by atoms with van der Waals surface area (Å²) in [7, 11) is 0. The van der Waals surface area contributed by atoms with Gasteiger partial charge in [0.15, 0.2) is 0 Å². The molecule has 0 aromatic carbocycles. The summed E-state index contributed by atoms with van der Waals surface area (Å²) in [5, 5.41) is 0. The topological polar surface area (TPSA) is 0 Å². The zero-order valence-electron chi connectivity index (χ0n) is 12.4. The first kappa shape index (κ1) is 16.2. The van der Waals surface area contributed by atoms with Crippen molar-refractivity contribution in [3.63, 3.8) is 0 Å². The van der Waals surface area contributed by atoms with Crippen LogP contribution in [0.1, 0.15) is 60.3 Å². The molecule has 0 nitrogen and oxygen atoms in total. The van der Waals surface area contributed by atoms with Crippen LogP contribution in [-0.4, -0.2) is 0 Å². The molecule has 0 aliphatic rings. The second-order valence-electron chi connectivity index (χ2n) is 4.82. The third-order valence-electron chi connectivity index (χ3n) is 3.67. The summed E-state index contributed by atoms with van der Waals surface area (Å²) in [5.41, 5.74) is 2.93. The summed E-state index contributed by atoms with van der Waals surface area (Å²) >= 11 is 0. The normalized spacial score (nSPS) is 16.8. The van der Waals surface area contributed by atoms with Gasteiger partial charge < -0.3 is 0 Å². The van der Waals surface area contributed by atoms with E-state index in [0.717, 1.165) is 12.3 Å². The lowest BCUT2D eigenvalue weighted by Crippen LogP contribution is -2.14. The van der Waals surface area contributed by atoms with Crippen molar-refractivity contribution >= 4 is 0 Å². The molecule has 2 unspecified atom stereocenters. The fourth-order valence-electron chi connectivity index (χ4n) is 2.48. The van der Waals surface area contributed by atoms with E-state index in [2.05, 4.69) is 59.4 Å². The fraction of sp³-hybridized carbons (Fsp3) is 0.647. The van der Waals surface area contributed by atoms with Crippen LogP contribution in [0.25, 0.3) is 0 Å². The molecule has 0 aliphatic heterocycles. The summed E-state index contributed by atoms with van der Waals surface area (Å²) in [6.07, 6.45) is 11.4. The van der Waals surface area contributed by atoms with Gasteiger partial charge in [-0.2, -0.15) is 0 Å². The molecular formula is C17H30. The third kappa shape index (κ3) is 4.93. The quantitative estimate of drug-likeness (QED) is 0.457. The van der Waals surface area contributed by atoms with Crippen molar-refractivity contribution in [1.82, 2.24) is 0 Å². The first-order chi connectivity index (χ1) is 8.15. The summed E-state index contributed by atoms with van der Waals surface area (Å²) < 4.78 is 0. The van der Waals surface area contributed by atoms with Crippen LogP contribution in [0, 0.1) is 11.8 Å². The predicted molar refractivity (Wildman–Crippen MR) is 80.2 cm³/mol. The molecule has 98 valence electrons. The van der Waals surface area contributed by atoms with Crippen LogP contribution in [0.15, 0.2) is 36.0 Å². The van der Waals surface area contributed by atoms with Crippen molar-refractivity contribution in [1.29, 1.82) is 0 Å². The Kier molecular flexibility index (Phi) is 8.85. The lowest BCUT2D eigenvalue weighted by Gasteiger charge is -2.26. The van der Waals surface area contributed by atoms with Crippen LogP contribution in [-0.2, 0) is 0 Å². The fourth-order valence-corrected chi connectivity index (χ4v) is 2.48. The Morgan fingerprint density at radius 3 is 2.24 bits per heavy atom. The van der Waals surface area contributed by atoms with E-state index in [4.69, 9.17) is 0 Å². The summed E-state index contributed by atoms with van der Waals surface area (Å²) in [5.74, 6) is 1.42. The predicted octanol–water partition coefficient (Wildman–Crippen LogP) is 5.92. The maximum absolute atomic E-state index is 4.04. The van der Waals surface area contributed by atoms with Crippen LogP contribution in [0.2, 0.25) is 0 Å². The number of allylic oxidation sites excluding steroid dienone is 5. The van der Waals surface area contributed by atoms with E-state index in [-0.39, 0.29) is 0 Å². The summed E-state index contributed by atoms with van der Waals surface area (Å²) in [4.78, 5) is 0. The van der Waals surface area contributed by atoms with Gasteiger partial charge in [0.25, 0.3) is 0 Å². The molecule has 0 saturated carbocycles. The van der Waals surface area contributed by atoms with Crippen LogP contribution < -0.4 is 0 Å². The smallest absolute Gasteiger partial charge is 0.0134 e. The molecule has 0 aromatic rings. The van der Waals surface area contributed by atoms with Crippen LogP contribution >= 0.6 is 0 Å². The molecule has 0 amide bonds. The molecule has 17 heavy (non-hydrogen) atoms. The molecule has 0 heteroatoms. The Morgan fingerprint density at radius 2 is 1.88 bits per heavy atom. The van der Waals surface area contributed by atoms with E-state index in [1.807, 2.05) is 0 Å². The van der Waals surface area contributed by atoms with Crippen molar-refractivity contribution in [2.75, 3.05) is 0 Å². The Labute approximate surface area is 109 Å². The minimum Gasteiger partial charge on any atom is -0.0988 e. The van der Waals surface area contributed by atoms with Gasteiger partial charge in [-0.3, -0.25) is 0 Å². The molecule has 0 aromatic heterocycles. The van der Waals surface area contributed by atoms with Gasteiger partial charge in [0, 0.05) is 0 Å².